The largest absolute Gasteiger partial charge is 0.354 e. The molecule has 8 nitrogen and oxygen atoms in total. The van der Waals surface area contributed by atoms with Crippen LogP contribution < -0.4 is 4.90 Å². The quantitative estimate of drug-likeness (QED) is 0.434. The summed E-state index contributed by atoms with van der Waals surface area (Å²) in [6.07, 6.45) is 1.42. The van der Waals surface area contributed by atoms with Gasteiger partial charge in [0, 0.05) is 46.7 Å². The van der Waals surface area contributed by atoms with E-state index < -0.39 is 0 Å². The average molecular weight is 488 g/mol. The first-order valence-electron chi connectivity index (χ1n) is 12.2. The lowest BCUT2D eigenvalue weighted by Crippen LogP contribution is -2.41. The minimum Gasteiger partial charge on any atom is -0.354 e. The lowest BCUT2D eigenvalue weighted by molar-refractivity contribution is 0.174. The smallest absolute Gasteiger partial charge is 0.319 e. The molecule has 186 valence electrons. The van der Waals surface area contributed by atoms with Crippen molar-refractivity contribution in [3.63, 3.8) is 0 Å². The summed E-state index contributed by atoms with van der Waals surface area (Å²) in [5.74, 6) is 1.22. The van der Waals surface area contributed by atoms with Gasteiger partial charge in [-0.1, -0.05) is 30.3 Å². The van der Waals surface area contributed by atoms with Gasteiger partial charge in [-0.3, -0.25) is 0 Å². The van der Waals surface area contributed by atoms with E-state index >= 15 is 0 Å². The maximum Gasteiger partial charge on any atom is 0.319 e. The second-order valence-corrected chi connectivity index (χ2v) is 9.30. The summed E-state index contributed by atoms with van der Waals surface area (Å²) in [6.45, 7) is 4.70. The van der Waals surface area contributed by atoms with Crippen molar-refractivity contribution in [3.8, 4) is 5.69 Å². The lowest BCUT2D eigenvalue weighted by Gasteiger charge is -2.25. The van der Waals surface area contributed by atoms with Crippen LogP contribution in [0.3, 0.4) is 0 Å². The van der Waals surface area contributed by atoms with Gasteiger partial charge in [0.15, 0.2) is 5.65 Å². The highest BCUT2D eigenvalue weighted by atomic mass is 19.1. The zero-order chi connectivity index (χ0) is 25.2. The Hall–Kier alpha value is -4.01. The molecular weight excluding hydrogens is 457 g/mol. The summed E-state index contributed by atoms with van der Waals surface area (Å²) >= 11 is 0. The molecule has 36 heavy (non-hydrogen) atoms. The summed E-state index contributed by atoms with van der Waals surface area (Å²) < 4.78 is 15.4. The van der Waals surface area contributed by atoms with Crippen LogP contribution in [0.25, 0.3) is 16.7 Å². The molecule has 4 aromatic rings. The second kappa shape index (κ2) is 9.93. The molecule has 0 aliphatic carbocycles. The molecule has 2 aromatic carbocycles. The standard InChI is InChI=1S/C27H30FN7O/c1-19-24-25(33-14-7-15-34(17-16-33)27(36)32(2)3)29-23(18-20-8-5-4-6-9-20)30-26(24)35(31-19)22-12-10-21(28)11-13-22/h4-6,8-13H,7,14-18H2,1-3H3. The predicted molar refractivity (Wildman–Crippen MR) is 138 cm³/mol. The van der Waals surface area contributed by atoms with Gasteiger partial charge in [0.25, 0.3) is 0 Å². The van der Waals surface area contributed by atoms with Crippen LogP contribution in [0.5, 0.6) is 0 Å². The highest BCUT2D eigenvalue weighted by molar-refractivity contribution is 5.91. The number of carbonyl (C=O) groups is 1. The molecule has 9 heteroatoms. The first-order chi connectivity index (χ1) is 17.4. The summed E-state index contributed by atoms with van der Waals surface area (Å²) in [5, 5.41) is 5.66. The normalized spacial score (nSPS) is 14.2. The van der Waals surface area contributed by atoms with Crippen molar-refractivity contribution in [3.05, 3.63) is 77.5 Å². The van der Waals surface area contributed by atoms with Crippen LogP contribution in [0.4, 0.5) is 15.0 Å². The number of nitrogens with zero attached hydrogens (tertiary/aromatic N) is 7. The third-order valence-corrected chi connectivity index (χ3v) is 6.45. The molecule has 0 spiro atoms. The van der Waals surface area contributed by atoms with Crippen molar-refractivity contribution in [1.29, 1.82) is 0 Å². The summed E-state index contributed by atoms with van der Waals surface area (Å²) in [6, 6.07) is 16.4. The van der Waals surface area contributed by atoms with E-state index in [0.717, 1.165) is 41.1 Å². The van der Waals surface area contributed by atoms with Gasteiger partial charge in [0.05, 0.1) is 16.8 Å². The van der Waals surface area contributed by atoms with Crippen molar-refractivity contribution in [2.24, 2.45) is 0 Å². The van der Waals surface area contributed by atoms with Gasteiger partial charge in [-0.25, -0.2) is 23.8 Å². The Kier molecular flexibility index (Phi) is 6.54. The molecule has 2 amide bonds. The first-order valence-corrected chi connectivity index (χ1v) is 12.2. The number of amides is 2. The molecular formula is C27H30FN7O. The highest BCUT2D eigenvalue weighted by Gasteiger charge is 2.25. The van der Waals surface area contributed by atoms with E-state index in [1.807, 2.05) is 30.0 Å². The van der Waals surface area contributed by atoms with Crippen molar-refractivity contribution in [2.75, 3.05) is 45.2 Å². The molecule has 0 radical (unpaired) electrons. The molecule has 0 bridgehead atoms. The zero-order valence-electron chi connectivity index (χ0n) is 20.9. The number of anilines is 1. The van der Waals surface area contributed by atoms with Gasteiger partial charge in [-0.15, -0.1) is 0 Å². The molecule has 1 fully saturated rings. The van der Waals surface area contributed by atoms with E-state index in [1.54, 1.807) is 35.8 Å². The molecule has 5 rings (SSSR count). The molecule has 3 heterocycles. The van der Waals surface area contributed by atoms with E-state index in [1.165, 1.54) is 12.1 Å². The maximum absolute atomic E-state index is 13.6. The Labute approximate surface area is 210 Å². The number of aryl methyl sites for hydroxylation is 1. The molecule has 0 unspecified atom stereocenters. The topological polar surface area (TPSA) is 70.4 Å². The summed E-state index contributed by atoms with van der Waals surface area (Å²) in [5.41, 5.74) is 3.36. The van der Waals surface area contributed by atoms with Crippen LogP contribution in [0.15, 0.2) is 54.6 Å². The minimum absolute atomic E-state index is 0.0229. The molecule has 0 N–H and O–H groups in total. The van der Waals surface area contributed by atoms with E-state index in [9.17, 15) is 9.18 Å². The maximum atomic E-state index is 13.6. The van der Waals surface area contributed by atoms with Crippen LogP contribution in [-0.4, -0.2) is 75.9 Å². The monoisotopic (exact) mass is 487 g/mol. The zero-order valence-corrected chi connectivity index (χ0v) is 20.9. The van der Waals surface area contributed by atoms with Crippen molar-refractivity contribution >= 4 is 22.9 Å². The number of hydrogen-bond acceptors (Lipinski definition) is 5. The number of fused-ring (bicyclic) bond motifs is 1. The van der Waals surface area contributed by atoms with Crippen molar-refractivity contribution in [2.45, 2.75) is 19.8 Å². The van der Waals surface area contributed by atoms with Gasteiger partial charge in [-0.05, 0) is 43.2 Å². The number of hydrogen-bond donors (Lipinski definition) is 0. The molecule has 1 aliphatic heterocycles. The fourth-order valence-electron chi connectivity index (χ4n) is 4.66. The van der Waals surface area contributed by atoms with E-state index in [2.05, 4.69) is 17.0 Å². The van der Waals surface area contributed by atoms with Crippen LogP contribution >= 0.6 is 0 Å². The molecule has 2 aromatic heterocycles. The van der Waals surface area contributed by atoms with Gasteiger partial charge in [0.2, 0.25) is 0 Å². The Morgan fingerprint density at radius 3 is 2.44 bits per heavy atom. The van der Waals surface area contributed by atoms with Crippen LogP contribution in [0, 0.1) is 12.7 Å². The Morgan fingerprint density at radius 2 is 1.72 bits per heavy atom. The fourth-order valence-corrected chi connectivity index (χ4v) is 4.66. The van der Waals surface area contributed by atoms with E-state index in [-0.39, 0.29) is 11.8 Å². The Morgan fingerprint density at radius 1 is 0.972 bits per heavy atom. The number of halogens is 1. The van der Waals surface area contributed by atoms with E-state index in [0.29, 0.717) is 37.5 Å². The fraction of sp³-hybridized carbons (Fsp3) is 0.333. The first kappa shape index (κ1) is 23.7. The van der Waals surface area contributed by atoms with E-state index in [4.69, 9.17) is 15.1 Å². The number of urea groups is 1. The van der Waals surface area contributed by atoms with Crippen molar-refractivity contribution in [1.82, 2.24) is 29.5 Å². The van der Waals surface area contributed by atoms with Gasteiger partial charge in [-0.2, -0.15) is 5.10 Å². The van der Waals surface area contributed by atoms with Crippen molar-refractivity contribution < 1.29 is 9.18 Å². The molecule has 1 aliphatic rings. The third-order valence-electron chi connectivity index (χ3n) is 6.45. The molecule has 1 saturated heterocycles. The molecule has 0 saturated carbocycles. The predicted octanol–water partition coefficient (Wildman–Crippen LogP) is 4.05. The SMILES string of the molecule is Cc1nn(-c2ccc(F)cc2)c2nc(Cc3ccccc3)nc(N3CCCN(C(=O)N(C)C)CC3)c12. The lowest BCUT2D eigenvalue weighted by atomic mass is 10.1. The second-order valence-electron chi connectivity index (χ2n) is 9.30. The highest BCUT2D eigenvalue weighted by Crippen LogP contribution is 2.30. The number of benzene rings is 2. The van der Waals surface area contributed by atoms with Crippen LogP contribution in [0.1, 0.15) is 23.5 Å². The number of rotatable bonds is 4. The number of aromatic nitrogens is 4. The van der Waals surface area contributed by atoms with Gasteiger partial charge < -0.3 is 14.7 Å². The van der Waals surface area contributed by atoms with Crippen LogP contribution in [0.2, 0.25) is 0 Å². The Balaban J connectivity index is 1.59. The minimum atomic E-state index is -0.298. The molecule has 0 atom stereocenters. The number of carbonyl (C=O) groups excluding carboxylic acids is 1. The van der Waals surface area contributed by atoms with Gasteiger partial charge >= 0.3 is 6.03 Å². The van der Waals surface area contributed by atoms with Gasteiger partial charge in [0.1, 0.15) is 17.5 Å². The summed E-state index contributed by atoms with van der Waals surface area (Å²) in [7, 11) is 3.56. The van der Waals surface area contributed by atoms with Crippen LogP contribution in [-0.2, 0) is 6.42 Å². The third kappa shape index (κ3) is 4.73. The average Bonchev–Trinajstić information content (AvgIpc) is 3.04. The Bertz CT molecular complexity index is 1370. The summed E-state index contributed by atoms with van der Waals surface area (Å²) in [4.78, 5) is 28.3.